The molecule has 0 aliphatic carbocycles. The molecule has 0 amide bonds. The first-order valence-electron chi connectivity index (χ1n) is 11.1. The van der Waals surface area contributed by atoms with Crippen LogP contribution in [-0.2, 0) is 13.0 Å². The van der Waals surface area contributed by atoms with Gasteiger partial charge in [0.25, 0.3) is 0 Å². The molecule has 4 aromatic rings. The molecule has 0 fully saturated rings. The van der Waals surface area contributed by atoms with Crippen LogP contribution >= 0.6 is 0 Å². The average Bonchev–Trinajstić information content (AvgIpc) is 3.20. The number of aryl methyl sites for hydroxylation is 4. The maximum atomic E-state index is 13.2. The number of pyridine rings is 1. The largest absolute Gasteiger partial charge is 0.294 e. The predicted molar refractivity (Wildman–Crippen MR) is 127 cm³/mol. The lowest BCUT2D eigenvalue weighted by molar-refractivity contribution is 0.0982. The van der Waals surface area contributed by atoms with Gasteiger partial charge in [-0.2, -0.15) is 5.10 Å². The molecule has 0 spiro atoms. The number of ketones is 1. The topological polar surface area (TPSA) is 73.6 Å². The maximum Gasteiger partial charge on any atom is 0.163 e. The SMILES string of the molecule is Cc1ccc(-c2cc(C(=O)CCc3cnc(C)cn3)cc3c2cnn3CCC(C)C)nc1. The van der Waals surface area contributed by atoms with Gasteiger partial charge < -0.3 is 0 Å². The van der Waals surface area contributed by atoms with Gasteiger partial charge in [0.15, 0.2) is 5.78 Å². The van der Waals surface area contributed by atoms with E-state index in [0.29, 0.717) is 24.3 Å². The number of hydrogen-bond donors (Lipinski definition) is 0. The van der Waals surface area contributed by atoms with E-state index < -0.39 is 0 Å². The van der Waals surface area contributed by atoms with Crippen molar-refractivity contribution in [1.82, 2.24) is 24.7 Å². The molecule has 0 unspecified atom stereocenters. The lowest BCUT2D eigenvalue weighted by Gasteiger charge is -2.10. The van der Waals surface area contributed by atoms with Crippen LogP contribution in [0.15, 0.2) is 49.1 Å². The third-order valence-corrected chi connectivity index (χ3v) is 5.63. The van der Waals surface area contributed by atoms with Crippen LogP contribution in [-0.4, -0.2) is 30.5 Å². The highest BCUT2D eigenvalue weighted by molar-refractivity contribution is 6.04. The molecule has 4 rings (SSSR count). The summed E-state index contributed by atoms with van der Waals surface area (Å²) in [5.41, 5.74) is 6.25. The third kappa shape index (κ3) is 4.90. The Labute approximate surface area is 188 Å². The zero-order valence-electron chi connectivity index (χ0n) is 19.2. The fourth-order valence-corrected chi connectivity index (χ4v) is 3.67. The molecule has 32 heavy (non-hydrogen) atoms. The molecule has 6 heteroatoms. The molecule has 0 radical (unpaired) electrons. The minimum atomic E-state index is 0.0826. The summed E-state index contributed by atoms with van der Waals surface area (Å²) in [5, 5.41) is 5.65. The van der Waals surface area contributed by atoms with Crippen molar-refractivity contribution in [1.29, 1.82) is 0 Å². The van der Waals surface area contributed by atoms with Gasteiger partial charge in [0.05, 0.1) is 28.8 Å². The van der Waals surface area contributed by atoms with Crippen LogP contribution < -0.4 is 0 Å². The van der Waals surface area contributed by atoms with Crippen LogP contribution in [0.1, 0.15) is 54.0 Å². The lowest BCUT2D eigenvalue weighted by Crippen LogP contribution is -2.06. The van der Waals surface area contributed by atoms with Crippen LogP contribution in [0.25, 0.3) is 22.2 Å². The summed E-state index contributed by atoms with van der Waals surface area (Å²) in [6.07, 6.45) is 9.20. The van der Waals surface area contributed by atoms with Crippen molar-refractivity contribution in [2.24, 2.45) is 5.92 Å². The van der Waals surface area contributed by atoms with Crippen molar-refractivity contribution in [3.63, 3.8) is 0 Å². The van der Waals surface area contributed by atoms with E-state index in [-0.39, 0.29) is 5.78 Å². The average molecular weight is 428 g/mol. The molecule has 3 heterocycles. The number of nitrogens with zero attached hydrogens (tertiary/aromatic N) is 5. The van der Waals surface area contributed by atoms with Crippen molar-refractivity contribution in [3.8, 4) is 11.3 Å². The summed E-state index contributed by atoms with van der Waals surface area (Å²) in [5.74, 6) is 0.659. The molecule has 0 saturated heterocycles. The Hall–Kier alpha value is -3.41. The van der Waals surface area contributed by atoms with Crippen molar-refractivity contribution >= 4 is 16.7 Å². The van der Waals surface area contributed by atoms with Crippen LogP contribution in [0, 0.1) is 19.8 Å². The first-order chi connectivity index (χ1) is 15.4. The summed E-state index contributed by atoms with van der Waals surface area (Å²) < 4.78 is 2.01. The lowest BCUT2D eigenvalue weighted by atomic mass is 9.98. The van der Waals surface area contributed by atoms with E-state index in [1.54, 1.807) is 12.4 Å². The van der Waals surface area contributed by atoms with Gasteiger partial charge in [-0.1, -0.05) is 19.9 Å². The second-order valence-electron chi connectivity index (χ2n) is 8.80. The van der Waals surface area contributed by atoms with Gasteiger partial charge in [-0.05, 0) is 56.4 Å². The Bertz CT molecular complexity index is 1220. The monoisotopic (exact) mass is 427 g/mol. The zero-order valence-corrected chi connectivity index (χ0v) is 19.2. The van der Waals surface area contributed by atoms with E-state index in [2.05, 4.69) is 33.9 Å². The quantitative estimate of drug-likeness (QED) is 0.354. The molecule has 0 aliphatic rings. The second-order valence-corrected chi connectivity index (χ2v) is 8.80. The van der Waals surface area contributed by atoms with Crippen molar-refractivity contribution in [3.05, 3.63) is 71.6 Å². The summed E-state index contributed by atoms with van der Waals surface area (Å²) in [6.45, 7) is 9.15. The Morgan fingerprint density at radius 1 is 1.00 bits per heavy atom. The Kier molecular flexibility index (Phi) is 6.40. The summed E-state index contributed by atoms with van der Waals surface area (Å²) in [6, 6.07) is 7.98. The molecule has 6 nitrogen and oxygen atoms in total. The minimum absolute atomic E-state index is 0.0826. The van der Waals surface area contributed by atoms with Gasteiger partial charge in [-0.3, -0.25) is 24.4 Å². The van der Waals surface area contributed by atoms with E-state index in [1.807, 2.05) is 55.2 Å². The standard InChI is InChI=1S/C26H29N5O/c1-17(2)9-10-31-25-12-20(26(32)8-6-21-15-27-19(4)14-28-21)11-22(23(25)16-30-31)24-7-5-18(3)13-29-24/h5,7,11-17H,6,8-10H2,1-4H3. The van der Waals surface area contributed by atoms with Crippen LogP contribution in [0.3, 0.4) is 0 Å². The van der Waals surface area contributed by atoms with E-state index in [0.717, 1.165) is 52.1 Å². The van der Waals surface area contributed by atoms with Gasteiger partial charge in [-0.25, -0.2) is 0 Å². The first-order valence-corrected chi connectivity index (χ1v) is 11.1. The van der Waals surface area contributed by atoms with Gasteiger partial charge in [0.1, 0.15) is 0 Å². The number of benzene rings is 1. The van der Waals surface area contributed by atoms with Crippen molar-refractivity contribution in [2.75, 3.05) is 0 Å². The number of carbonyl (C=O) groups is 1. The predicted octanol–water partition coefficient (Wildman–Crippen LogP) is 5.37. The highest BCUT2D eigenvalue weighted by atomic mass is 16.1. The van der Waals surface area contributed by atoms with Gasteiger partial charge in [0.2, 0.25) is 0 Å². The molecule has 0 atom stereocenters. The number of fused-ring (bicyclic) bond motifs is 1. The third-order valence-electron chi connectivity index (χ3n) is 5.63. The highest BCUT2D eigenvalue weighted by Gasteiger charge is 2.16. The van der Waals surface area contributed by atoms with Crippen molar-refractivity contribution in [2.45, 2.75) is 53.5 Å². The van der Waals surface area contributed by atoms with Crippen molar-refractivity contribution < 1.29 is 4.79 Å². The van der Waals surface area contributed by atoms with E-state index in [1.165, 1.54) is 0 Å². The fraction of sp³-hybridized carbons (Fsp3) is 0.346. The smallest absolute Gasteiger partial charge is 0.163 e. The molecular formula is C26H29N5O. The maximum absolute atomic E-state index is 13.2. The van der Waals surface area contributed by atoms with E-state index >= 15 is 0 Å². The molecule has 3 aromatic heterocycles. The molecule has 164 valence electrons. The molecule has 1 aromatic carbocycles. The number of rotatable bonds is 8. The summed E-state index contributed by atoms with van der Waals surface area (Å²) in [4.78, 5) is 26.4. The molecule has 0 aliphatic heterocycles. The number of Topliss-reactive ketones (excluding diaryl/α,β-unsaturated/α-hetero) is 1. The number of aromatic nitrogens is 5. The number of carbonyl (C=O) groups excluding carboxylic acids is 1. The molecular weight excluding hydrogens is 398 g/mol. The Morgan fingerprint density at radius 3 is 2.53 bits per heavy atom. The van der Waals surface area contributed by atoms with E-state index in [9.17, 15) is 4.79 Å². The molecule has 0 N–H and O–H groups in total. The van der Waals surface area contributed by atoms with Crippen LogP contribution in [0.2, 0.25) is 0 Å². The Morgan fingerprint density at radius 2 is 1.84 bits per heavy atom. The highest BCUT2D eigenvalue weighted by Crippen LogP contribution is 2.30. The minimum Gasteiger partial charge on any atom is -0.294 e. The Balaban J connectivity index is 1.70. The van der Waals surface area contributed by atoms with Crippen LogP contribution in [0.4, 0.5) is 0 Å². The van der Waals surface area contributed by atoms with Gasteiger partial charge >= 0.3 is 0 Å². The summed E-state index contributed by atoms with van der Waals surface area (Å²) >= 11 is 0. The fourth-order valence-electron chi connectivity index (χ4n) is 3.67. The molecule has 0 bridgehead atoms. The normalized spacial score (nSPS) is 11.4. The summed E-state index contributed by atoms with van der Waals surface area (Å²) in [7, 11) is 0. The van der Waals surface area contributed by atoms with Gasteiger partial charge in [0, 0.05) is 48.1 Å². The van der Waals surface area contributed by atoms with E-state index in [4.69, 9.17) is 0 Å². The zero-order chi connectivity index (χ0) is 22.7. The molecule has 0 saturated carbocycles. The number of hydrogen-bond acceptors (Lipinski definition) is 5. The van der Waals surface area contributed by atoms with Crippen LogP contribution in [0.5, 0.6) is 0 Å². The second kappa shape index (κ2) is 9.39. The first kappa shape index (κ1) is 21.8. The van der Waals surface area contributed by atoms with Gasteiger partial charge in [-0.15, -0.1) is 0 Å².